The van der Waals surface area contributed by atoms with Crippen LogP contribution in [0.3, 0.4) is 0 Å². The van der Waals surface area contributed by atoms with E-state index in [1.165, 1.54) is 32.1 Å². The molecular weight excluding hydrogens is 200 g/mol. The van der Waals surface area contributed by atoms with Crippen LogP contribution in [0.25, 0.3) is 0 Å². The molecule has 1 aromatic rings. The van der Waals surface area contributed by atoms with E-state index in [1.54, 1.807) is 6.33 Å². The summed E-state index contributed by atoms with van der Waals surface area (Å²) in [5.74, 6) is 1.55. The summed E-state index contributed by atoms with van der Waals surface area (Å²) in [4.78, 5) is 0. The Labute approximate surface area is 97.2 Å². The van der Waals surface area contributed by atoms with E-state index >= 15 is 0 Å². The molecule has 1 atom stereocenters. The summed E-state index contributed by atoms with van der Waals surface area (Å²) in [6.45, 7) is 4.28. The molecule has 4 heteroatoms. The van der Waals surface area contributed by atoms with Crippen LogP contribution in [0.15, 0.2) is 6.33 Å². The number of hydrogen-bond acceptors (Lipinski definition) is 3. The second-order valence-electron chi connectivity index (χ2n) is 5.11. The Balaban J connectivity index is 2.12. The molecule has 0 aromatic carbocycles. The molecule has 1 fully saturated rings. The lowest BCUT2D eigenvalue weighted by molar-refractivity contribution is 0.293. The molecular formula is C12H22N4. The van der Waals surface area contributed by atoms with Gasteiger partial charge in [0.1, 0.15) is 12.2 Å². The molecule has 0 saturated heterocycles. The van der Waals surface area contributed by atoms with Crippen molar-refractivity contribution in [3.8, 4) is 0 Å². The highest BCUT2D eigenvalue weighted by atomic mass is 15.3. The molecule has 0 spiro atoms. The molecule has 1 heterocycles. The van der Waals surface area contributed by atoms with Crippen molar-refractivity contribution in [3.63, 3.8) is 0 Å². The molecule has 1 unspecified atom stereocenters. The molecule has 0 bridgehead atoms. The summed E-state index contributed by atoms with van der Waals surface area (Å²) in [6.07, 6.45) is 8.27. The molecule has 1 aromatic heterocycles. The van der Waals surface area contributed by atoms with Gasteiger partial charge in [0.2, 0.25) is 0 Å². The van der Waals surface area contributed by atoms with Gasteiger partial charge in [-0.3, -0.25) is 0 Å². The van der Waals surface area contributed by atoms with Crippen LogP contribution in [0.4, 0.5) is 0 Å². The molecule has 1 aliphatic rings. The van der Waals surface area contributed by atoms with Gasteiger partial charge in [0, 0.05) is 6.04 Å². The fourth-order valence-electron chi connectivity index (χ4n) is 2.59. The lowest BCUT2D eigenvalue weighted by Gasteiger charge is -2.27. The van der Waals surface area contributed by atoms with Crippen molar-refractivity contribution in [1.82, 2.24) is 14.8 Å². The van der Waals surface area contributed by atoms with Crippen molar-refractivity contribution >= 4 is 0 Å². The van der Waals surface area contributed by atoms with Crippen LogP contribution in [-0.4, -0.2) is 14.8 Å². The third-order valence-electron chi connectivity index (χ3n) is 3.61. The molecule has 0 aliphatic heterocycles. The molecule has 1 aliphatic carbocycles. The first kappa shape index (κ1) is 11.6. The molecule has 2 N–H and O–H groups in total. The van der Waals surface area contributed by atoms with Gasteiger partial charge in [-0.05, 0) is 32.6 Å². The standard InChI is InChI=1S/C12H22N4/c1-9(2)16-8-14-15-12(16)11(13)10-6-4-3-5-7-10/h8-11H,3-7,13H2,1-2H3. The van der Waals surface area contributed by atoms with Gasteiger partial charge in [-0.15, -0.1) is 10.2 Å². The number of aromatic nitrogens is 3. The Bertz CT molecular complexity index is 326. The average Bonchev–Trinajstić information content (AvgIpc) is 2.78. The molecule has 4 nitrogen and oxygen atoms in total. The maximum absolute atomic E-state index is 6.33. The van der Waals surface area contributed by atoms with Crippen molar-refractivity contribution in [2.45, 2.75) is 58.0 Å². The summed E-state index contributed by atoms with van der Waals surface area (Å²) in [7, 11) is 0. The van der Waals surface area contributed by atoms with E-state index in [9.17, 15) is 0 Å². The van der Waals surface area contributed by atoms with Crippen LogP contribution < -0.4 is 5.73 Å². The number of rotatable bonds is 3. The van der Waals surface area contributed by atoms with Crippen LogP contribution in [-0.2, 0) is 0 Å². The fraction of sp³-hybridized carbons (Fsp3) is 0.833. The topological polar surface area (TPSA) is 56.7 Å². The SMILES string of the molecule is CC(C)n1cnnc1C(N)C1CCCCC1. The van der Waals surface area contributed by atoms with E-state index in [1.807, 2.05) is 0 Å². The van der Waals surface area contributed by atoms with Gasteiger partial charge in [0.15, 0.2) is 0 Å². The van der Waals surface area contributed by atoms with Gasteiger partial charge in [-0.1, -0.05) is 19.3 Å². The van der Waals surface area contributed by atoms with Crippen molar-refractivity contribution in [2.24, 2.45) is 11.7 Å². The molecule has 16 heavy (non-hydrogen) atoms. The Hall–Kier alpha value is -0.900. The van der Waals surface area contributed by atoms with Crippen LogP contribution in [0.2, 0.25) is 0 Å². The first-order chi connectivity index (χ1) is 7.70. The number of nitrogens with two attached hydrogens (primary N) is 1. The average molecular weight is 222 g/mol. The van der Waals surface area contributed by atoms with E-state index in [0.717, 1.165) is 5.82 Å². The molecule has 1 saturated carbocycles. The van der Waals surface area contributed by atoms with Gasteiger partial charge in [0.05, 0.1) is 6.04 Å². The quantitative estimate of drug-likeness (QED) is 0.854. The highest BCUT2D eigenvalue weighted by molar-refractivity contribution is 4.98. The van der Waals surface area contributed by atoms with Gasteiger partial charge in [0.25, 0.3) is 0 Å². The van der Waals surface area contributed by atoms with Crippen LogP contribution in [0.1, 0.15) is 63.9 Å². The first-order valence-electron chi connectivity index (χ1n) is 6.35. The normalized spacial score (nSPS) is 20.2. The fourth-order valence-corrected chi connectivity index (χ4v) is 2.59. The lowest BCUT2D eigenvalue weighted by Crippen LogP contribution is -2.27. The van der Waals surface area contributed by atoms with Crippen LogP contribution >= 0.6 is 0 Å². The van der Waals surface area contributed by atoms with E-state index in [2.05, 4.69) is 28.6 Å². The summed E-state index contributed by atoms with van der Waals surface area (Å²) in [5, 5.41) is 8.19. The summed E-state index contributed by atoms with van der Waals surface area (Å²) < 4.78 is 2.10. The van der Waals surface area contributed by atoms with E-state index in [4.69, 9.17) is 5.73 Å². The van der Waals surface area contributed by atoms with E-state index < -0.39 is 0 Å². The summed E-state index contributed by atoms with van der Waals surface area (Å²) in [5.41, 5.74) is 6.33. The zero-order chi connectivity index (χ0) is 11.5. The maximum atomic E-state index is 6.33. The first-order valence-corrected chi connectivity index (χ1v) is 6.35. The Morgan fingerprint density at radius 3 is 2.62 bits per heavy atom. The van der Waals surface area contributed by atoms with Crippen molar-refractivity contribution in [1.29, 1.82) is 0 Å². The van der Waals surface area contributed by atoms with Crippen LogP contribution in [0, 0.1) is 5.92 Å². The zero-order valence-electron chi connectivity index (χ0n) is 10.3. The largest absolute Gasteiger partial charge is 0.321 e. The molecule has 0 radical (unpaired) electrons. The summed E-state index contributed by atoms with van der Waals surface area (Å²) >= 11 is 0. The lowest BCUT2D eigenvalue weighted by atomic mass is 9.84. The monoisotopic (exact) mass is 222 g/mol. The Morgan fingerprint density at radius 2 is 2.00 bits per heavy atom. The zero-order valence-corrected chi connectivity index (χ0v) is 10.3. The van der Waals surface area contributed by atoms with Gasteiger partial charge < -0.3 is 10.3 Å². The maximum Gasteiger partial charge on any atom is 0.150 e. The minimum atomic E-state index is 0.0604. The second-order valence-corrected chi connectivity index (χ2v) is 5.11. The van der Waals surface area contributed by atoms with E-state index in [-0.39, 0.29) is 6.04 Å². The third kappa shape index (κ3) is 2.26. The highest BCUT2D eigenvalue weighted by Gasteiger charge is 2.25. The van der Waals surface area contributed by atoms with Gasteiger partial charge in [-0.25, -0.2) is 0 Å². The van der Waals surface area contributed by atoms with E-state index in [0.29, 0.717) is 12.0 Å². The van der Waals surface area contributed by atoms with Crippen molar-refractivity contribution < 1.29 is 0 Å². The third-order valence-corrected chi connectivity index (χ3v) is 3.61. The number of hydrogen-bond donors (Lipinski definition) is 1. The van der Waals surface area contributed by atoms with Crippen LogP contribution in [0.5, 0.6) is 0 Å². The minimum Gasteiger partial charge on any atom is -0.321 e. The highest BCUT2D eigenvalue weighted by Crippen LogP contribution is 2.32. The molecule has 0 amide bonds. The molecule has 2 rings (SSSR count). The smallest absolute Gasteiger partial charge is 0.150 e. The Morgan fingerprint density at radius 1 is 1.31 bits per heavy atom. The van der Waals surface area contributed by atoms with Crippen molar-refractivity contribution in [3.05, 3.63) is 12.2 Å². The Kier molecular flexibility index (Phi) is 3.59. The summed E-state index contributed by atoms with van der Waals surface area (Å²) in [6, 6.07) is 0.449. The van der Waals surface area contributed by atoms with Gasteiger partial charge in [-0.2, -0.15) is 0 Å². The predicted molar refractivity (Wildman–Crippen MR) is 63.9 cm³/mol. The minimum absolute atomic E-state index is 0.0604. The predicted octanol–water partition coefficient (Wildman–Crippen LogP) is 2.44. The van der Waals surface area contributed by atoms with Crippen molar-refractivity contribution in [2.75, 3.05) is 0 Å². The molecule has 90 valence electrons. The van der Waals surface area contributed by atoms with Gasteiger partial charge >= 0.3 is 0 Å². The number of nitrogens with zero attached hydrogens (tertiary/aromatic N) is 3. The second kappa shape index (κ2) is 4.95.